The molecule has 2 aromatic carbocycles. The monoisotopic (exact) mass is 592 g/mol. The highest BCUT2D eigenvalue weighted by Crippen LogP contribution is 2.40. The third-order valence-electron chi connectivity index (χ3n) is 9.87. The van der Waals surface area contributed by atoms with E-state index in [1.165, 1.54) is 23.7 Å². The van der Waals surface area contributed by atoms with Crippen LogP contribution in [0.4, 0.5) is 0 Å². The minimum Gasteiger partial charge on any atom is -0.494 e. The van der Waals surface area contributed by atoms with E-state index < -0.39 is 0 Å². The van der Waals surface area contributed by atoms with Crippen LogP contribution in [0.1, 0.15) is 36.0 Å². The van der Waals surface area contributed by atoms with E-state index in [0.29, 0.717) is 23.1 Å². The highest BCUT2D eigenvalue weighted by atomic mass is 32.2. The third-order valence-corrected chi connectivity index (χ3v) is 10.5. The summed E-state index contributed by atoms with van der Waals surface area (Å²) < 4.78 is 10.4. The number of aryl methyl sites for hydroxylation is 1. The van der Waals surface area contributed by atoms with Crippen LogP contribution in [0, 0.1) is 11.8 Å². The number of piperidine rings is 1. The van der Waals surface area contributed by atoms with Gasteiger partial charge in [0, 0.05) is 60.4 Å². The first-order valence-electron chi connectivity index (χ1n) is 15.2. The van der Waals surface area contributed by atoms with Gasteiger partial charge in [-0.3, -0.25) is 4.79 Å². The molecule has 1 aliphatic heterocycles. The van der Waals surface area contributed by atoms with Gasteiger partial charge in [-0.1, -0.05) is 18.2 Å². The van der Waals surface area contributed by atoms with Crippen molar-refractivity contribution in [2.75, 3.05) is 19.9 Å². The van der Waals surface area contributed by atoms with E-state index in [-0.39, 0.29) is 18.0 Å². The number of nitrogens with zero attached hydrogens (tertiary/aromatic N) is 5. The van der Waals surface area contributed by atoms with E-state index in [0.717, 1.165) is 64.6 Å². The summed E-state index contributed by atoms with van der Waals surface area (Å²) in [5.41, 5.74) is 13.2. The molecule has 8 rings (SSSR count). The number of imidazole rings is 1. The molecule has 2 N–H and O–H groups in total. The van der Waals surface area contributed by atoms with E-state index in [1.807, 2.05) is 36.5 Å². The van der Waals surface area contributed by atoms with Crippen molar-refractivity contribution in [3.63, 3.8) is 0 Å². The molecule has 0 radical (unpaired) electrons. The standard InChI is InChI=1S/C34H36N6O2S/c1-38-32-25(12-24(15-29(32)42-2)34(41)40-18-23-8-10-26(40)31(23)35)37-33(38)28-14-21-7-6-20(22-9-11-30(43-3)36-16-22)13-27(21)39(28)17-19-4-5-19/h6-7,9,11-16,19,23,26,31H,4-5,8,10,17-18,35H2,1-3H3/t23?,26?,31-/m1/s1. The van der Waals surface area contributed by atoms with Gasteiger partial charge in [0.1, 0.15) is 11.3 Å². The molecule has 8 nitrogen and oxygen atoms in total. The van der Waals surface area contributed by atoms with Crippen LogP contribution in [0.15, 0.2) is 59.8 Å². The van der Waals surface area contributed by atoms with Crippen molar-refractivity contribution in [3.05, 3.63) is 60.3 Å². The number of carbonyl (C=O) groups excluding carboxylic acids is 1. The molecule has 4 heterocycles. The summed E-state index contributed by atoms with van der Waals surface area (Å²) >= 11 is 1.65. The molecular weight excluding hydrogens is 556 g/mol. The van der Waals surface area contributed by atoms with Crippen LogP contribution in [0.25, 0.3) is 44.6 Å². The van der Waals surface area contributed by atoms with Crippen molar-refractivity contribution in [3.8, 4) is 28.4 Å². The maximum atomic E-state index is 13.7. The van der Waals surface area contributed by atoms with Gasteiger partial charge in [-0.25, -0.2) is 9.97 Å². The van der Waals surface area contributed by atoms with Gasteiger partial charge in [0.25, 0.3) is 5.91 Å². The molecule has 3 atom stereocenters. The van der Waals surface area contributed by atoms with Gasteiger partial charge in [-0.2, -0.15) is 0 Å². The fraction of sp³-hybridized carbons (Fsp3) is 0.382. The number of ether oxygens (including phenoxy) is 1. The number of carbonyl (C=O) groups is 1. The second-order valence-corrected chi connectivity index (χ2v) is 13.3. The Bertz CT molecular complexity index is 1890. The lowest BCUT2D eigenvalue weighted by Crippen LogP contribution is -2.41. The smallest absolute Gasteiger partial charge is 0.254 e. The lowest BCUT2D eigenvalue weighted by Gasteiger charge is -2.27. The first-order chi connectivity index (χ1) is 20.9. The molecule has 43 heavy (non-hydrogen) atoms. The van der Waals surface area contributed by atoms with Crippen LogP contribution in [0.2, 0.25) is 0 Å². The third kappa shape index (κ3) is 4.35. The molecule has 1 amide bonds. The minimum absolute atomic E-state index is 0.0190. The van der Waals surface area contributed by atoms with E-state index in [9.17, 15) is 4.79 Å². The van der Waals surface area contributed by atoms with Crippen molar-refractivity contribution in [2.24, 2.45) is 24.6 Å². The number of hydrogen-bond donors (Lipinski definition) is 1. The number of rotatable bonds is 7. The largest absolute Gasteiger partial charge is 0.494 e. The van der Waals surface area contributed by atoms with Crippen molar-refractivity contribution in [2.45, 2.75) is 49.3 Å². The number of thioether (sulfide) groups is 1. The number of methoxy groups -OCH3 is 1. The van der Waals surface area contributed by atoms with Crippen molar-refractivity contribution >= 4 is 39.6 Å². The Hall–Kier alpha value is -3.82. The van der Waals surface area contributed by atoms with Gasteiger partial charge in [-0.15, -0.1) is 11.8 Å². The molecule has 3 aromatic heterocycles. The summed E-state index contributed by atoms with van der Waals surface area (Å²) in [6.45, 7) is 1.69. The molecule has 2 aliphatic carbocycles. The second kappa shape index (κ2) is 10.1. The molecule has 2 saturated carbocycles. The van der Waals surface area contributed by atoms with Crippen molar-refractivity contribution in [1.29, 1.82) is 0 Å². The van der Waals surface area contributed by atoms with Gasteiger partial charge in [0.15, 0.2) is 5.82 Å². The Morgan fingerprint density at radius 1 is 1.07 bits per heavy atom. The Labute approximate surface area is 255 Å². The molecule has 0 spiro atoms. The summed E-state index contributed by atoms with van der Waals surface area (Å²) in [4.78, 5) is 25.4. The number of likely N-dealkylation sites (tertiary alicyclic amines) is 1. The van der Waals surface area contributed by atoms with E-state index >= 15 is 0 Å². The van der Waals surface area contributed by atoms with Crippen LogP contribution in [-0.4, -0.2) is 61.9 Å². The molecule has 9 heteroatoms. The highest BCUT2D eigenvalue weighted by molar-refractivity contribution is 7.98. The van der Waals surface area contributed by atoms with Crippen LogP contribution in [0.3, 0.4) is 0 Å². The second-order valence-electron chi connectivity index (χ2n) is 12.4. The summed E-state index contributed by atoms with van der Waals surface area (Å²) in [5.74, 6) is 2.62. The molecule has 1 saturated heterocycles. The van der Waals surface area contributed by atoms with Crippen LogP contribution >= 0.6 is 11.8 Å². The molecular formula is C34H36N6O2S. The summed E-state index contributed by atoms with van der Waals surface area (Å²) in [6, 6.07) is 17.1. The fourth-order valence-corrected chi connectivity index (χ4v) is 7.68. The number of hydrogen-bond acceptors (Lipinski definition) is 6. The first kappa shape index (κ1) is 26.8. The molecule has 3 fully saturated rings. The fourth-order valence-electron chi connectivity index (χ4n) is 7.31. The SMILES string of the molecule is COc1cc(C(=O)N2CC3CCC2[C@@H]3N)cc2nc(-c3cc4ccc(-c5ccc(SC)nc5)cc4n3CC3CC3)n(C)c12. The van der Waals surface area contributed by atoms with Crippen LogP contribution in [-0.2, 0) is 13.6 Å². The molecule has 5 aromatic rings. The molecule has 220 valence electrons. The zero-order valence-corrected chi connectivity index (χ0v) is 25.6. The van der Waals surface area contributed by atoms with Gasteiger partial charge in [0.2, 0.25) is 0 Å². The van der Waals surface area contributed by atoms with Gasteiger partial charge < -0.3 is 24.5 Å². The number of pyridine rings is 1. The summed E-state index contributed by atoms with van der Waals surface area (Å²) in [5, 5.41) is 2.20. The normalized spacial score (nSPS) is 21.4. The topological polar surface area (TPSA) is 91.2 Å². The summed E-state index contributed by atoms with van der Waals surface area (Å²) in [6.07, 6.45) is 8.60. The van der Waals surface area contributed by atoms with Crippen molar-refractivity contribution < 1.29 is 9.53 Å². The Kier molecular flexibility index (Phi) is 6.31. The molecule has 3 aliphatic rings. The Morgan fingerprint density at radius 3 is 2.58 bits per heavy atom. The minimum atomic E-state index is 0.0190. The van der Waals surface area contributed by atoms with Crippen molar-refractivity contribution in [1.82, 2.24) is 24.0 Å². The quantitative estimate of drug-likeness (QED) is 0.235. The highest BCUT2D eigenvalue weighted by Gasteiger charge is 2.47. The lowest BCUT2D eigenvalue weighted by atomic mass is 10.1. The zero-order chi connectivity index (χ0) is 29.4. The Morgan fingerprint density at radius 2 is 1.91 bits per heavy atom. The van der Waals surface area contributed by atoms with Crippen LogP contribution in [0.5, 0.6) is 5.75 Å². The summed E-state index contributed by atoms with van der Waals surface area (Å²) in [7, 11) is 3.70. The predicted octanol–water partition coefficient (Wildman–Crippen LogP) is 5.96. The first-order valence-corrected chi connectivity index (χ1v) is 16.4. The number of fused-ring (bicyclic) bond motifs is 4. The van der Waals surface area contributed by atoms with E-state index in [4.69, 9.17) is 15.5 Å². The Balaban J connectivity index is 1.23. The molecule has 2 unspecified atom stereocenters. The number of benzene rings is 2. The van der Waals surface area contributed by atoms with Gasteiger partial charge in [0.05, 0.1) is 23.3 Å². The number of amides is 1. The number of aromatic nitrogens is 4. The predicted molar refractivity (Wildman–Crippen MR) is 171 cm³/mol. The maximum Gasteiger partial charge on any atom is 0.254 e. The van der Waals surface area contributed by atoms with Gasteiger partial charge in [-0.05, 0) is 79.7 Å². The average Bonchev–Trinajstić information content (AvgIpc) is 3.44. The average molecular weight is 593 g/mol. The van der Waals surface area contributed by atoms with E-state index in [1.54, 1.807) is 18.9 Å². The lowest BCUT2D eigenvalue weighted by molar-refractivity contribution is 0.0700. The molecule has 2 bridgehead atoms. The maximum absolute atomic E-state index is 13.7. The van der Waals surface area contributed by atoms with Gasteiger partial charge >= 0.3 is 0 Å². The van der Waals surface area contributed by atoms with Crippen LogP contribution < -0.4 is 10.5 Å². The zero-order valence-electron chi connectivity index (χ0n) is 24.8. The number of nitrogens with two attached hydrogens (primary N) is 1. The van der Waals surface area contributed by atoms with E-state index in [2.05, 4.69) is 50.5 Å².